The third-order valence-corrected chi connectivity index (χ3v) is 4.86. The molecule has 0 spiro atoms. The summed E-state index contributed by atoms with van der Waals surface area (Å²) in [4.78, 5) is 2.73. The van der Waals surface area contributed by atoms with Gasteiger partial charge in [-0.05, 0) is 50.6 Å². The second-order valence-electron chi connectivity index (χ2n) is 6.15. The summed E-state index contributed by atoms with van der Waals surface area (Å²) >= 11 is 0. The fraction of sp³-hybridized carbons (Fsp3) is 1.00. The molecule has 0 amide bonds. The molecule has 1 aliphatic heterocycles. The summed E-state index contributed by atoms with van der Waals surface area (Å²) in [6, 6.07) is 0.760. The van der Waals surface area contributed by atoms with E-state index < -0.39 is 0 Å². The van der Waals surface area contributed by atoms with E-state index in [0.717, 1.165) is 23.8 Å². The first-order valence-electron chi connectivity index (χ1n) is 7.28. The summed E-state index contributed by atoms with van der Waals surface area (Å²) in [6.45, 7) is 14.7. The minimum absolute atomic E-state index is 0.760. The Kier molecular flexibility index (Phi) is 5.82. The van der Waals surface area contributed by atoms with Crippen molar-refractivity contribution in [2.24, 2.45) is 17.8 Å². The smallest absolute Gasteiger partial charge is 0.00951 e. The van der Waals surface area contributed by atoms with Gasteiger partial charge in [0.05, 0.1) is 0 Å². The van der Waals surface area contributed by atoms with E-state index in [2.05, 4.69) is 39.5 Å². The van der Waals surface area contributed by atoms with Crippen molar-refractivity contribution in [2.45, 2.75) is 66.3 Å². The molecule has 0 aromatic heterocycles. The van der Waals surface area contributed by atoms with Crippen LogP contribution in [0.3, 0.4) is 0 Å². The summed E-state index contributed by atoms with van der Waals surface area (Å²) in [7, 11) is 0. The van der Waals surface area contributed by atoms with Crippen LogP contribution in [0, 0.1) is 17.8 Å². The lowest BCUT2D eigenvalue weighted by molar-refractivity contribution is 0.120. The molecule has 0 bridgehead atoms. The standard InChI is InChI=1S/C15H31N/c1-12(2)13(3)14(4)15(5)16-10-8-6-7-9-11-16/h12-15H,6-11H2,1-5H3. The molecule has 0 aromatic carbocycles. The zero-order valence-corrected chi connectivity index (χ0v) is 12.0. The fourth-order valence-corrected chi connectivity index (χ4v) is 2.88. The summed E-state index contributed by atoms with van der Waals surface area (Å²) in [5.74, 6) is 2.46. The lowest BCUT2D eigenvalue weighted by atomic mass is 9.81. The van der Waals surface area contributed by atoms with Gasteiger partial charge in [0.1, 0.15) is 0 Å². The predicted octanol–water partition coefficient (Wildman–Crippen LogP) is 4.18. The van der Waals surface area contributed by atoms with Gasteiger partial charge in [0.25, 0.3) is 0 Å². The SMILES string of the molecule is CC(C)C(C)C(C)C(C)N1CCCCCC1. The maximum Gasteiger partial charge on any atom is 0.00951 e. The normalized spacial score (nSPS) is 25.1. The van der Waals surface area contributed by atoms with Crippen molar-refractivity contribution in [3.63, 3.8) is 0 Å². The largest absolute Gasteiger partial charge is 0.300 e. The van der Waals surface area contributed by atoms with E-state index in [1.807, 2.05) is 0 Å². The highest BCUT2D eigenvalue weighted by Crippen LogP contribution is 2.27. The number of likely N-dealkylation sites (tertiary alicyclic amines) is 1. The Bertz CT molecular complexity index is 178. The Morgan fingerprint density at radius 2 is 1.19 bits per heavy atom. The fourth-order valence-electron chi connectivity index (χ4n) is 2.88. The van der Waals surface area contributed by atoms with Crippen molar-refractivity contribution < 1.29 is 0 Å². The molecule has 3 atom stereocenters. The van der Waals surface area contributed by atoms with Gasteiger partial charge in [0.2, 0.25) is 0 Å². The first-order valence-corrected chi connectivity index (χ1v) is 7.28. The molecule has 0 aliphatic carbocycles. The van der Waals surface area contributed by atoms with Crippen LogP contribution in [0.1, 0.15) is 60.3 Å². The van der Waals surface area contributed by atoms with E-state index in [-0.39, 0.29) is 0 Å². The molecular weight excluding hydrogens is 194 g/mol. The third-order valence-electron chi connectivity index (χ3n) is 4.86. The molecule has 0 saturated carbocycles. The van der Waals surface area contributed by atoms with Crippen molar-refractivity contribution in [2.75, 3.05) is 13.1 Å². The molecule has 3 unspecified atom stereocenters. The van der Waals surface area contributed by atoms with Gasteiger partial charge in [-0.25, -0.2) is 0 Å². The average Bonchev–Trinajstić information content (AvgIpc) is 2.54. The van der Waals surface area contributed by atoms with E-state index in [9.17, 15) is 0 Å². The Labute approximate surface area is 103 Å². The Balaban J connectivity index is 2.50. The van der Waals surface area contributed by atoms with Crippen LogP contribution in [0.5, 0.6) is 0 Å². The van der Waals surface area contributed by atoms with E-state index in [4.69, 9.17) is 0 Å². The van der Waals surface area contributed by atoms with E-state index in [1.54, 1.807) is 0 Å². The summed E-state index contributed by atoms with van der Waals surface area (Å²) in [6.07, 6.45) is 5.70. The van der Waals surface area contributed by atoms with Crippen molar-refractivity contribution in [3.8, 4) is 0 Å². The topological polar surface area (TPSA) is 3.24 Å². The van der Waals surface area contributed by atoms with Crippen molar-refractivity contribution >= 4 is 0 Å². The highest BCUT2D eigenvalue weighted by molar-refractivity contribution is 4.79. The quantitative estimate of drug-likeness (QED) is 0.694. The maximum absolute atomic E-state index is 2.73. The molecule has 96 valence electrons. The second kappa shape index (κ2) is 6.64. The Morgan fingerprint density at radius 3 is 1.62 bits per heavy atom. The summed E-state index contributed by atoms with van der Waals surface area (Å²) in [5.41, 5.74) is 0. The molecular formula is C15H31N. The summed E-state index contributed by atoms with van der Waals surface area (Å²) < 4.78 is 0. The van der Waals surface area contributed by atoms with Crippen LogP contribution >= 0.6 is 0 Å². The van der Waals surface area contributed by atoms with Gasteiger partial charge in [0.15, 0.2) is 0 Å². The average molecular weight is 225 g/mol. The molecule has 1 aliphatic rings. The first-order chi connectivity index (χ1) is 7.54. The van der Waals surface area contributed by atoms with Crippen LogP contribution in [-0.2, 0) is 0 Å². The molecule has 16 heavy (non-hydrogen) atoms. The monoisotopic (exact) mass is 225 g/mol. The molecule has 1 heterocycles. The van der Waals surface area contributed by atoms with E-state index >= 15 is 0 Å². The molecule has 1 fully saturated rings. The lowest BCUT2D eigenvalue weighted by Crippen LogP contribution is -2.41. The molecule has 1 heteroatoms. The van der Waals surface area contributed by atoms with Crippen LogP contribution in [0.4, 0.5) is 0 Å². The minimum atomic E-state index is 0.760. The van der Waals surface area contributed by atoms with Gasteiger partial charge < -0.3 is 4.90 Å². The highest BCUT2D eigenvalue weighted by atomic mass is 15.2. The number of hydrogen-bond acceptors (Lipinski definition) is 1. The minimum Gasteiger partial charge on any atom is -0.300 e. The number of nitrogens with zero attached hydrogens (tertiary/aromatic N) is 1. The number of hydrogen-bond donors (Lipinski definition) is 0. The van der Waals surface area contributed by atoms with Crippen LogP contribution in [0.2, 0.25) is 0 Å². The van der Waals surface area contributed by atoms with E-state index in [0.29, 0.717) is 0 Å². The lowest BCUT2D eigenvalue weighted by Gasteiger charge is -2.36. The molecule has 1 rings (SSSR count). The van der Waals surface area contributed by atoms with Crippen LogP contribution in [-0.4, -0.2) is 24.0 Å². The Morgan fingerprint density at radius 1 is 0.688 bits per heavy atom. The number of rotatable bonds is 4. The first kappa shape index (κ1) is 14.0. The zero-order chi connectivity index (χ0) is 12.1. The zero-order valence-electron chi connectivity index (χ0n) is 12.0. The molecule has 0 N–H and O–H groups in total. The maximum atomic E-state index is 2.73. The highest BCUT2D eigenvalue weighted by Gasteiger charge is 2.26. The third kappa shape index (κ3) is 3.76. The molecule has 0 radical (unpaired) electrons. The van der Waals surface area contributed by atoms with Gasteiger partial charge in [0, 0.05) is 6.04 Å². The van der Waals surface area contributed by atoms with Crippen molar-refractivity contribution in [1.82, 2.24) is 4.90 Å². The van der Waals surface area contributed by atoms with Crippen molar-refractivity contribution in [1.29, 1.82) is 0 Å². The van der Waals surface area contributed by atoms with Gasteiger partial charge in [-0.2, -0.15) is 0 Å². The van der Waals surface area contributed by atoms with Gasteiger partial charge >= 0.3 is 0 Å². The van der Waals surface area contributed by atoms with Crippen LogP contribution < -0.4 is 0 Å². The summed E-state index contributed by atoms with van der Waals surface area (Å²) in [5, 5.41) is 0. The molecule has 0 aromatic rings. The second-order valence-corrected chi connectivity index (χ2v) is 6.15. The van der Waals surface area contributed by atoms with Gasteiger partial charge in [-0.3, -0.25) is 0 Å². The van der Waals surface area contributed by atoms with Crippen LogP contribution in [0.25, 0.3) is 0 Å². The van der Waals surface area contributed by atoms with Crippen molar-refractivity contribution in [3.05, 3.63) is 0 Å². The van der Waals surface area contributed by atoms with Gasteiger partial charge in [-0.1, -0.05) is 40.5 Å². The predicted molar refractivity (Wildman–Crippen MR) is 72.7 cm³/mol. The molecule has 1 saturated heterocycles. The van der Waals surface area contributed by atoms with E-state index in [1.165, 1.54) is 38.8 Å². The van der Waals surface area contributed by atoms with Gasteiger partial charge in [-0.15, -0.1) is 0 Å². The Hall–Kier alpha value is -0.0400. The van der Waals surface area contributed by atoms with Crippen LogP contribution in [0.15, 0.2) is 0 Å². The molecule has 1 nitrogen and oxygen atoms in total.